The molecular formula is C29H33N5O2. The number of H-pyrrole nitrogens is 1. The zero-order valence-corrected chi connectivity index (χ0v) is 21.3. The van der Waals surface area contributed by atoms with Gasteiger partial charge in [-0.2, -0.15) is 10.2 Å². The number of para-hydroxylation sites is 1. The number of benzene rings is 3. The fourth-order valence-corrected chi connectivity index (χ4v) is 4.05. The average Bonchev–Trinajstić information content (AvgIpc) is 3.48. The number of aryl methyl sites for hydroxylation is 2. The van der Waals surface area contributed by atoms with Crippen molar-refractivity contribution in [3.05, 3.63) is 84.2 Å². The van der Waals surface area contributed by atoms with Gasteiger partial charge < -0.3 is 10.1 Å². The Bertz CT molecular complexity index is 1430. The number of rotatable bonds is 7. The quantitative estimate of drug-likeness (QED) is 0.309. The lowest BCUT2D eigenvalue weighted by Gasteiger charge is -2.10. The lowest BCUT2D eigenvalue weighted by atomic mass is 10.1. The van der Waals surface area contributed by atoms with Gasteiger partial charge in [0.2, 0.25) is 0 Å². The minimum atomic E-state index is -0.122. The summed E-state index contributed by atoms with van der Waals surface area (Å²) in [6.45, 7) is 8.05. The van der Waals surface area contributed by atoms with Gasteiger partial charge in [0.05, 0.1) is 28.6 Å². The third kappa shape index (κ3) is 6.10. The van der Waals surface area contributed by atoms with Gasteiger partial charge in [0.15, 0.2) is 6.61 Å². The van der Waals surface area contributed by atoms with Crippen LogP contribution in [0.15, 0.2) is 72.9 Å². The molecule has 186 valence electrons. The van der Waals surface area contributed by atoms with E-state index in [4.69, 9.17) is 4.74 Å². The summed E-state index contributed by atoms with van der Waals surface area (Å²) in [4.78, 5) is 11.6. The van der Waals surface area contributed by atoms with Gasteiger partial charge in [0.1, 0.15) is 5.75 Å². The van der Waals surface area contributed by atoms with Gasteiger partial charge in [-0.15, -0.1) is 0 Å². The van der Waals surface area contributed by atoms with E-state index >= 15 is 0 Å². The van der Waals surface area contributed by atoms with Gasteiger partial charge in [0, 0.05) is 16.8 Å². The fourth-order valence-electron chi connectivity index (χ4n) is 4.05. The Balaban J connectivity index is 0.000000211. The molecule has 0 bridgehead atoms. The number of hydrogen-bond acceptors (Lipinski definition) is 4. The van der Waals surface area contributed by atoms with Gasteiger partial charge >= 0.3 is 0 Å². The summed E-state index contributed by atoms with van der Waals surface area (Å²) in [5, 5.41) is 16.7. The number of nitrogens with one attached hydrogen (secondary N) is 2. The highest BCUT2D eigenvalue weighted by Gasteiger charge is 2.09. The Labute approximate surface area is 211 Å². The Morgan fingerprint density at radius 1 is 1.08 bits per heavy atom. The van der Waals surface area contributed by atoms with Crippen LogP contribution in [0, 0.1) is 6.92 Å². The van der Waals surface area contributed by atoms with E-state index in [9.17, 15) is 4.79 Å². The van der Waals surface area contributed by atoms with E-state index in [2.05, 4.69) is 57.9 Å². The first kappa shape index (κ1) is 25.0. The number of amides is 1. The van der Waals surface area contributed by atoms with E-state index in [1.54, 1.807) is 0 Å². The monoisotopic (exact) mass is 483 g/mol. The highest BCUT2D eigenvalue weighted by Crippen LogP contribution is 2.23. The first-order valence-corrected chi connectivity index (χ1v) is 12.3. The number of aromatic nitrogens is 4. The molecule has 36 heavy (non-hydrogen) atoms. The van der Waals surface area contributed by atoms with Crippen molar-refractivity contribution in [2.24, 2.45) is 0 Å². The molecule has 7 nitrogen and oxygen atoms in total. The van der Waals surface area contributed by atoms with Crippen molar-refractivity contribution < 1.29 is 9.53 Å². The van der Waals surface area contributed by atoms with E-state index < -0.39 is 0 Å². The molecule has 0 unspecified atom stereocenters. The third-order valence-electron chi connectivity index (χ3n) is 5.72. The normalized spacial score (nSPS) is 10.9. The van der Waals surface area contributed by atoms with Crippen LogP contribution in [0.3, 0.4) is 0 Å². The van der Waals surface area contributed by atoms with Crippen LogP contribution in [-0.4, -0.2) is 38.5 Å². The molecule has 1 amide bonds. The van der Waals surface area contributed by atoms with Crippen LogP contribution in [-0.2, 0) is 11.2 Å². The van der Waals surface area contributed by atoms with Gasteiger partial charge in [-0.25, -0.2) is 4.68 Å². The van der Waals surface area contributed by atoms with Crippen LogP contribution in [0.1, 0.15) is 38.4 Å². The zero-order valence-electron chi connectivity index (χ0n) is 21.3. The molecule has 0 saturated carbocycles. The van der Waals surface area contributed by atoms with Crippen molar-refractivity contribution in [3.8, 4) is 11.4 Å². The van der Waals surface area contributed by atoms with Gasteiger partial charge in [-0.1, -0.05) is 37.6 Å². The van der Waals surface area contributed by atoms with Crippen molar-refractivity contribution in [1.29, 1.82) is 0 Å². The van der Waals surface area contributed by atoms with Crippen LogP contribution < -0.4 is 10.1 Å². The van der Waals surface area contributed by atoms with E-state index in [0.29, 0.717) is 5.75 Å². The van der Waals surface area contributed by atoms with Crippen molar-refractivity contribution >= 4 is 27.7 Å². The molecule has 2 heterocycles. The molecule has 0 aliphatic heterocycles. The molecule has 0 fully saturated rings. The molecular weight excluding hydrogens is 450 g/mol. The van der Waals surface area contributed by atoms with Crippen LogP contribution in [0.2, 0.25) is 0 Å². The van der Waals surface area contributed by atoms with Crippen molar-refractivity contribution in [3.63, 3.8) is 0 Å². The summed E-state index contributed by atoms with van der Waals surface area (Å²) in [5.41, 5.74) is 5.54. The summed E-state index contributed by atoms with van der Waals surface area (Å²) >= 11 is 0. The van der Waals surface area contributed by atoms with Crippen LogP contribution >= 0.6 is 0 Å². The predicted molar refractivity (Wildman–Crippen MR) is 145 cm³/mol. The Morgan fingerprint density at radius 2 is 1.86 bits per heavy atom. The SMILES string of the molecule is CCCc1ccc2[nH]ncc2c1.Cc1nn(-c2ccc(OCC(=O)NC(C)C)cc2)c2ccccc12. The maximum atomic E-state index is 11.6. The Hall–Kier alpha value is -4.13. The average molecular weight is 484 g/mol. The van der Waals surface area contributed by atoms with Crippen LogP contribution in [0.25, 0.3) is 27.5 Å². The Kier molecular flexibility index (Phi) is 8.00. The number of nitrogens with zero attached hydrogens (tertiary/aromatic N) is 3. The molecule has 0 saturated heterocycles. The van der Waals surface area contributed by atoms with E-state index in [-0.39, 0.29) is 18.6 Å². The summed E-state index contributed by atoms with van der Waals surface area (Å²) in [6.07, 6.45) is 4.22. The topological polar surface area (TPSA) is 84.8 Å². The molecule has 3 aromatic carbocycles. The molecule has 7 heteroatoms. The summed E-state index contributed by atoms with van der Waals surface area (Å²) in [6, 6.07) is 22.3. The largest absolute Gasteiger partial charge is 0.484 e. The number of hydrogen-bond donors (Lipinski definition) is 2. The first-order chi connectivity index (χ1) is 17.4. The standard InChI is InChI=1S/C19H21N3O2.C10H12N2/c1-13(2)20-19(23)12-24-16-10-8-15(9-11-16)22-18-7-5-4-6-17(18)14(3)21-22;1-2-3-8-4-5-10-9(6-8)7-11-12-10/h4-11,13H,12H2,1-3H3,(H,20,23);4-7H,2-3H2,1H3,(H,11,12). The molecule has 0 radical (unpaired) electrons. The van der Waals surface area contributed by atoms with E-state index in [1.165, 1.54) is 17.4 Å². The second-order valence-corrected chi connectivity index (χ2v) is 9.06. The second kappa shape index (κ2) is 11.5. The fraction of sp³-hybridized carbons (Fsp3) is 0.276. The number of ether oxygens (including phenoxy) is 1. The third-order valence-corrected chi connectivity index (χ3v) is 5.72. The minimum Gasteiger partial charge on any atom is -0.484 e. The molecule has 0 atom stereocenters. The van der Waals surface area contributed by atoms with E-state index in [1.807, 2.05) is 68.0 Å². The molecule has 5 aromatic rings. The number of carbonyl (C=O) groups is 1. The summed E-state index contributed by atoms with van der Waals surface area (Å²) in [5.74, 6) is 0.536. The smallest absolute Gasteiger partial charge is 0.258 e. The Morgan fingerprint density at radius 3 is 2.61 bits per heavy atom. The van der Waals surface area contributed by atoms with Crippen molar-refractivity contribution in [2.75, 3.05) is 6.61 Å². The highest BCUT2D eigenvalue weighted by molar-refractivity contribution is 5.83. The maximum Gasteiger partial charge on any atom is 0.258 e. The second-order valence-electron chi connectivity index (χ2n) is 9.06. The predicted octanol–water partition coefficient (Wildman–Crippen LogP) is 5.75. The van der Waals surface area contributed by atoms with Crippen molar-refractivity contribution in [1.82, 2.24) is 25.3 Å². The maximum absolute atomic E-state index is 11.6. The van der Waals surface area contributed by atoms with Crippen LogP contribution in [0.5, 0.6) is 5.75 Å². The van der Waals surface area contributed by atoms with Gasteiger partial charge in [0.25, 0.3) is 5.91 Å². The number of aromatic amines is 1. The molecule has 2 N–H and O–H groups in total. The van der Waals surface area contributed by atoms with Crippen molar-refractivity contribution in [2.45, 2.75) is 46.6 Å². The zero-order chi connectivity index (χ0) is 25.5. The number of carbonyl (C=O) groups excluding carboxylic acids is 1. The highest BCUT2D eigenvalue weighted by atomic mass is 16.5. The lowest BCUT2D eigenvalue weighted by molar-refractivity contribution is -0.123. The molecule has 2 aromatic heterocycles. The lowest BCUT2D eigenvalue weighted by Crippen LogP contribution is -2.34. The molecule has 5 rings (SSSR count). The van der Waals surface area contributed by atoms with Gasteiger partial charge in [-0.3, -0.25) is 9.89 Å². The summed E-state index contributed by atoms with van der Waals surface area (Å²) < 4.78 is 7.43. The number of fused-ring (bicyclic) bond motifs is 2. The van der Waals surface area contributed by atoms with E-state index in [0.717, 1.165) is 34.2 Å². The first-order valence-electron chi connectivity index (χ1n) is 12.3. The summed E-state index contributed by atoms with van der Waals surface area (Å²) in [7, 11) is 0. The molecule has 0 spiro atoms. The van der Waals surface area contributed by atoms with Gasteiger partial charge in [-0.05, 0) is 75.2 Å². The molecule has 0 aliphatic carbocycles. The van der Waals surface area contributed by atoms with Crippen LogP contribution in [0.4, 0.5) is 0 Å². The molecule has 0 aliphatic rings. The minimum absolute atomic E-state index is 0.0152.